The highest BCUT2D eigenvalue weighted by Crippen LogP contribution is 2.18. The number of hydrazine groups is 1. The largest absolute Gasteiger partial charge is 0.291 e. The maximum atomic E-state index is 12.3. The third kappa shape index (κ3) is 4.52. The molecule has 1 aromatic heterocycles. The molecule has 3 N–H and O–H groups in total. The van der Waals surface area contributed by atoms with E-state index in [0.29, 0.717) is 16.2 Å². The molecule has 0 aliphatic carbocycles. The second kappa shape index (κ2) is 8.62. The summed E-state index contributed by atoms with van der Waals surface area (Å²) < 4.78 is 1.91. The molecule has 0 saturated carbocycles. The van der Waals surface area contributed by atoms with Crippen LogP contribution in [-0.2, 0) is 17.8 Å². The van der Waals surface area contributed by atoms with Crippen molar-refractivity contribution < 1.29 is 9.59 Å². The number of nitrogens with one attached hydrogen (secondary N) is 3. The number of hydrogen-bond acceptors (Lipinski definition) is 4. The van der Waals surface area contributed by atoms with Crippen molar-refractivity contribution in [1.82, 2.24) is 25.6 Å². The van der Waals surface area contributed by atoms with Gasteiger partial charge in [0.15, 0.2) is 10.6 Å². The molecule has 2 aromatic carbocycles. The molecular weight excluding hydrogens is 374 g/mol. The molecule has 3 rings (SSSR count). The molecule has 0 spiro atoms. The molecule has 1 heterocycles. The Morgan fingerprint density at radius 2 is 1.89 bits per heavy atom. The minimum absolute atomic E-state index is 0.0757. The standard InChI is InChI=1S/C20H21N5O2S/c1-3-14-7-9-15(10-8-14)19(27)23-21-17(26)12-25-18(22-24-20(25)28)16-6-4-5-13(2)11-16/h4-11H,3,12H2,1-2H3,(H,21,26)(H,23,27)(H,24,28). The van der Waals surface area contributed by atoms with Crippen LogP contribution >= 0.6 is 12.2 Å². The van der Waals surface area contributed by atoms with E-state index in [1.54, 1.807) is 16.7 Å². The molecular formula is C20H21N5O2S. The number of aryl methyl sites for hydroxylation is 2. The fourth-order valence-corrected chi connectivity index (χ4v) is 2.94. The van der Waals surface area contributed by atoms with E-state index in [-0.39, 0.29) is 12.5 Å². The highest BCUT2D eigenvalue weighted by Gasteiger charge is 2.13. The molecule has 0 bridgehead atoms. The summed E-state index contributed by atoms with van der Waals surface area (Å²) in [6.07, 6.45) is 0.896. The normalized spacial score (nSPS) is 10.5. The van der Waals surface area contributed by atoms with Gasteiger partial charge in [-0.1, -0.05) is 42.8 Å². The van der Waals surface area contributed by atoms with Gasteiger partial charge in [0.25, 0.3) is 11.8 Å². The maximum absolute atomic E-state index is 12.3. The van der Waals surface area contributed by atoms with E-state index in [1.807, 2.05) is 50.2 Å². The molecule has 0 unspecified atom stereocenters. The van der Waals surface area contributed by atoms with Crippen LogP contribution in [0.3, 0.4) is 0 Å². The van der Waals surface area contributed by atoms with Crippen molar-refractivity contribution in [2.45, 2.75) is 26.8 Å². The van der Waals surface area contributed by atoms with Crippen molar-refractivity contribution >= 4 is 24.0 Å². The summed E-state index contributed by atoms with van der Waals surface area (Å²) in [5.74, 6) is -0.235. The zero-order valence-corrected chi connectivity index (χ0v) is 16.5. The Hall–Kier alpha value is -3.26. The van der Waals surface area contributed by atoms with Gasteiger partial charge in [0.2, 0.25) is 0 Å². The molecule has 0 radical (unpaired) electrons. The van der Waals surface area contributed by atoms with Crippen LogP contribution < -0.4 is 10.9 Å². The van der Waals surface area contributed by atoms with Gasteiger partial charge in [0, 0.05) is 11.1 Å². The number of hydrogen-bond donors (Lipinski definition) is 3. The van der Waals surface area contributed by atoms with Crippen molar-refractivity contribution in [2.24, 2.45) is 0 Å². The Balaban J connectivity index is 1.66. The second-order valence-corrected chi connectivity index (χ2v) is 6.75. The molecule has 8 heteroatoms. The SMILES string of the molecule is CCc1ccc(C(=O)NNC(=O)Cn2c(-c3cccc(C)c3)n[nH]c2=S)cc1. The van der Waals surface area contributed by atoms with E-state index in [4.69, 9.17) is 12.2 Å². The number of rotatable bonds is 5. The Bertz CT molecular complexity index is 1050. The summed E-state index contributed by atoms with van der Waals surface area (Å²) in [7, 11) is 0. The smallest absolute Gasteiger partial charge is 0.269 e. The Kier molecular flexibility index (Phi) is 6.00. The van der Waals surface area contributed by atoms with E-state index < -0.39 is 5.91 Å². The summed E-state index contributed by atoms with van der Waals surface area (Å²) in [6, 6.07) is 15.0. The highest BCUT2D eigenvalue weighted by molar-refractivity contribution is 7.71. The van der Waals surface area contributed by atoms with E-state index in [1.165, 1.54) is 0 Å². The number of aromatic amines is 1. The van der Waals surface area contributed by atoms with Crippen LogP contribution in [0.4, 0.5) is 0 Å². The van der Waals surface area contributed by atoms with Gasteiger partial charge in [-0.2, -0.15) is 5.10 Å². The zero-order valence-electron chi connectivity index (χ0n) is 15.7. The Morgan fingerprint density at radius 3 is 2.57 bits per heavy atom. The molecule has 0 fully saturated rings. The van der Waals surface area contributed by atoms with Gasteiger partial charge in [-0.05, 0) is 49.3 Å². The van der Waals surface area contributed by atoms with Crippen LogP contribution in [0, 0.1) is 11.7 Å². The number of carbonyl (C=O) groups is 2. The molecule has 0 aliphatic heterocycles. The van der Waals surface area contributed by atoms with Crippen molar-refractivity contribution in [2.75, 3.05) is 0 Å². The third-order valence-electron chi connectivity index (χ3n) is 4.28. The minimum atomic E-state index is -0.412. The van der Waals surface area contributed by atoms with Crippen LogP contribution in [0.1, 0.15) is 28.4 Å². The van der Waals surface area contributed by atoms with Gasteiger partial charge < -0.3 is 0 Å². The van der Waals surface area contributed by atoms with Gasteiger partial charge in [0.1, 0.15) is 6.54 Å². The summed E-state index contributed by atoms with van der Waals surface area (Å²) in [4.78, 5) is 24.5. The number of nitrogens with zero attached hydrogens (tertiary/aromatic N) is 2. The van der Waals surface area contributed by atoms with Crippen LogP contribution in [0.5, 0.6) is 0 Å². The highest BCUT2D eigenvalue weighted by atomic mass is 32.1. The molecule has 7 nitrogen and oxygen atoms in total. The minimum Gasteiger partial charge on any atom is -0.291 e. The second-order valence-electron chi connectivity index (χ2n) is 6.36. The Labute approximate surface area is 167 Å². The van der Waals surface area contributed by atoms with Gasteiger partial charge in [0.05, 0.1) is 0 Å². The van der Waals surface area contributed by atoms with Gasteiger partial charge >= 0.3 is 0 Å². The predicted octanol–water partition coefficient (Wildman–Crippen LogP) is 2.94. The van der Waals surface area contributed by atoms with Crippen LogP contribution in [0.25, 0.3) is 11.4 Å². The van der Waals surface area contributed by atoms with E-state index in [9.17, 15) is 9.59 Å². The number of carbonyl (C=O) groups excluding carboxylic acids is 2. The first-order chi connectivity index (χ1) is 13.5. The first-order valence-corrected chi connectivity index (χ1v) is 9.29. The third-order valence-corrected chi connectivity index (χ3v) is 4.59. The monoisotopic (exact) mass is 395 g/mol. The quantitative estimate of drug-likeness (QED) is 0.458. The van der Waals surface area contributed by atoms with Crippen molar-refractivity contribution in [3.8, 4) is 11.4 Å². The van der Waals surface area contributed by atoms with Crippen molar-refractivity contribution in [1.29, 1.82) is 0 Å². The topological polar surface area (TPSA) is 91.8 Å². The van der Waals surface area contributed by atoms with Gasteiger partial charge in [-0.25, -0.2) is 0 Å². The number of H-pyrrole nitrogens is 1. The lowest BCUT2D eigenvalue weighted by atomic mass is 10.1. The average Bonchev–Trinajstić information content (AvgIpc) is 3.06. The molecule has 3 aromatic rings. The lowest BCUT2D eigenvalue weighted by Crippen LogP contribution is -2.43. The van der Waals surface area contributed by atoms with Gasteiger partial charge in [-0.15, -0.1) is 0 Å². The predicted molar refractivity (Wildman–Crippen MR) is 109 cm³/mol. The summed E-state index contributed by atoms with van der Waals surface area (Å²) in [6.45, 7) is 3.94. The molecule has 0 saturated heterocycles. The molecule has 28 heavy (non-hydrogen) atoms. The van der Waals surface area contributed by atoms with Crippen molar-refractivity contribution in [3.63, 3.8) is 0 Å². The number of aromatic nitrogens is 3. The molecule has 2 amide bonds. The van der Waals surface area contributed by atoms with Crippen molar-refractivity contribution in [3.05, 3.63) is 70.0 Å². The van der Waals surface area contributed by atoms with E-state index >= 15 is 0 Å². The lowest BCUT2D eigenvalue weighted by molar-refractivity contribution is -0.122. The molecule has 144 valence electrons. The van der Waals surface area contributed by atoms with Crippen LogP contribution in [0.15, 0.2) is 48.5 Å². The first kappa shape index (κ1) is 19.5. The maximum Gasteiger partial charge on any atom is 0.269 e. The van der Waals surface area contributed by atoms with Crippen LogP contribution in [-0.4, -0.2) is 26.6 Å². The fourth-order valence-electron chi connectivity index (χ4n) is 2.74. The molecule has 0 aliphatic rings. The van der Waals surface area contributed by atoms with E-state index in [2.05, 4.69) is 21.0 Å². The zero-order chi connectivity index (χ0) is 20.1. The molecule has 0 atom stereocenters. The van der Waals surface area contributed by atoms with Gasteiger partial charge in [-0.3, -0.25) is 30.1 Å². The first-order valence-electron chi connectivity index (χ1n) is 8.88. The van der Waals surface area contributed by atoms with Crippen LogP contribution in [0.2, 0.25) is 0 Å². The number of amides is 2. The summed E-state index contributed by atoms with van der Waals surface area (Å²) in [5.41, 5.74) is 8.37. The fraction of sp³-hybridized carbons (Fsp3) is 0.200. The summed E-state index contributed by atoms with van der Waals surface area (Å²) in [5, 5.41) is 6.93. The lowest BCUT2D eigenvalue weighted by Gasteiger charge is -2.10. The number of benzene rings is 2. The Morgan fingerprint density at radius 1 is 1.14 bits per heavy atom. The average molecular weight is 395 g/mol. The van der Waals surface area contributed by atoms with E-state index in [0.717, 1.165) is 23.1 Å². The summed E-state index contributed by atoms with van der Waals surface area (Å²) >= 11 is 5.24.